The van der Waals surface area contributed by atoms with Gasteiger partial charge in [0.1, 0.15) is 5.56 Å². The number of nitrogens with zero attached hydrogens (tertiary/aromatic N) is 2. The van der Waals surface area contributed by atoms with Gasteiger partial charge < -0.3 is 5.73 Å². The first-order chi connectivity index (χ1) is 7.57. The number of rotatable bonds is 5. The molecular formula is C9H11N3O4. The van der Waals surface area contributed by atoms with Gasteiger partial charge in [0.15, 0.2) is 0 Å². The highest BCUT2D eigenvalue weighted by Gasteiger charge is 2.23. The van der Waals surface area contributed by atoms with Crippen molar-refractivity contribution >= 4 is 11.4 Å². The predicted octanol–water partition coefficient (Wildman–Crippen LogP) is 1.39. The number of benzene rings is 1. The van der Waals surface area contributed by atoms with Gasteiger partial charge in [-0.25, -0.2) is 0 Å². The van der Waals surface area contributed by atoms with Crippen LogP contribution in [0.25, 0.3) is 0 Å². The van der Waals surface area contributed by atoms with E-state index in [0.717, 1.165) is 0 Å². The van der Waals surface area contributed by atoms with Crippen molar-refractivity contribution in [3.05, 3.63) is 44.0 Å². The molecular weight excluding hydrogens is 214 g/mol. The highest BCUT2D eigenvalue weighted by Crippen LogP contribution is 2.28. The summed E-state index contributed by atoms with van der Waals surface area (Å²) in [6, 6.07) is 3.83. The van der Waals surface area contributed by atoms with Crippen LogP contribution in [-0.2, 0) is 6.42 Å². The van der Waals surface area contributed by atoms with Crippen LogP contribution in [0.5, 0.6) is 0 Å². The molecule has 0 fully saturated rings. The van der Waals surface area contributed by atoms with Gasteiger partial charge in [0.2, 0.25) is 0 Å². The Morgan fingerprint density at radius 2 is 1.62 bits per heavy atom. The summed E-state index contributed by atoms with van der Waals surface area (Å²) < 4.78 is 0. The van der Waals surface area contributed by atoms with Gasteiger partial charge in [-0.3, -0.25) is 20.2 Å². The standard InChI is InChI=1S/C9H11N3O4/c10-6-2-3-7-8(11(13)14)4-1-5-9(7)12(15)16/h1,4-5H,2-3,6,10H2. The molecule has 0 unspecified atom stereocenters. The maximum atomic E-state index is 10.7. The maximum Gasteiger partial charge on any atom is 0.279 e. The lowest BCUT2D eigenvalue weighted by Gasteiger charge is -2.02. The Morgan fingerprint density at radius 1 is 1.12 bits per heavy atom. The molecule has 0 aliphatic heterocycles. The number of hydrogen-bond acceptors (Lipinski definition) is 5. The first-order valence-corrected chi connectivity index (χ1v) is 4.68. The van der Waals surface area contributed by atoms with Crippen LogP contribution in [0.15, 0.2) is 18.2 Å². The highest BCUT2D eigenvalue weighted by atomic mass is 16.6. The fourth-order valence-electron chi connectivity index (χ4n) is 1.44. The predicted molar refractivity (Wildman–Crippen MR) is 57.1 cm³/mol. The third-order valence-corrected chi connectivity index (χ3v) is 2.15. The van der Waals surface area contributed by atoms with Gasteiger partial charge in [-0.05, 0) is 25.5 Å². The molecule has 0 radical (unpaired) electrons. The molecule has 0 heterocycles. The number of nitrogens with two attached hydrogens (primary N) is 1. The number of nitro groups is 2. The zero-order chi connectivity index (χ0) is 12.1. The summed E-state index contributed by atoms with van der Waals surface area (Å²) in [6.07, 6.45) is 0.718. The van der Waals surface area contributed by atoms with Gasteiger partial charge in [0.05, 0.1) is 9.85 Å². The van der Waals surface area contributed by atoms with Crippen LogP contribution in [-0.4, -0.2) is 16.4 Å². The highest BCUT2D eigenvalue weighted by molar-refractivity contribution is 5.53. The third kappa shape index (κ3) is 2.51. The van der Waals surface area contributed by atoms with Crippen LogP contribution in [0.3, 0.4) is 0 Å². The summed E-state index contributed by atoms with van der Waals surface area (Å²) in [7, 11) is 0. The van der Waals surface area contributed by atoms with Crippen molar-refractivity contribution in [1.82, 2.24) is 0 Å². The summed E-state index contributed by atoms with van der Waals surface area (Å²) in [5, 5.41) is 21.4. The van der Waals surface area contributed by atoms with Crippen molar-refractivity contribution in [2.45, 2.75) is 12.8 Å². The molecule has 0 amide bonds. The fourth-order valence-corrected chi connectivity index (χ4v) is 1.44. The van der Waals surface area contributed by atoms with E-state index in [9.17, 15) is 20.2 Å². The van der Waals surface area contributed by atoms with Gasteiger partial charge in [0, 0.05) is 12.1 Å². The molecule has 1 aromatic rings. The maximum absolute atomic E-state index is 10.7. The Bertz CT molecular complexity index is 387. The van der Waals surface area contributed by atoms with Crippen molar-refractivity contribution in [2.24, 2.45) is 5.73 Å². The van der Waals surface area contributed by atoms with E-state index in [0.29, 0.717) is 13.0 Å². The number of nitro benzene ring substituents is 2. The van der Waals surface area contributed by atoms with Crippen LogP contribution >= 0.6 is 0 Å². The molecule has 0 spiro atoms. The molecule has 0 saturated heterocycles. The monoisotopic (exact) mass is 225 g/mol. The van der Waals surface area contributed by atoms with Crippen molar-refractivity contribution in [1.29, 1.82) is 0 Å². The lowest BCUT2D eigenvalue weighted by molar-refractivity contribution is -0.395. The largest absolute Gasteiger partial charge is 0.330 e. The van der Waals surface area contributed by atoms with E-state index in [1.165, 1.54) is 18.2 Å². The Hall–Kier alpha value is -2.02. The Labute approximate surface area is 91.2 Å². The van der Waals surface area contributed by atoms with Gasteiger partial charge in [-0.1, -0.05) is 0 Å². The summed E-state index contributed by atoms with van der Waals surface area (Å²) in [6.45, 7) is 0.337. The summed E-state index contributed by atoms with van der Waals surface area (Å²) in [5.74, 6) is 0. The molecule has 7 nitrogen and oxygen atoms in total. The molecule has 0 saturated carbocycles. The number of hydrogen-bond donors (Lipinski definition) is 1. The van der Waals surface area contributed by atoms with E-state index in [-0.39, 0.29) is 23.4 Å². The zero-order valence-electron chi connectivity index (χ0n) is 8.46. The SMILES string of the molecule is NCCCc1c([N+](=O)[O-])cccc1[N+](=O)[O-]. The topological polar surface area (TPSA) is 112 Å². The quantitative estimate of drug-likeness (QED) is 0.601. The first-order valence-electron chi connectivity index (χ1n) is 4.68. The van der Waals surface area contributed by atoms with E-state index < -0.39 is 9.85 Å². The molecule has 7 heteroatoms. The van der Waals surface area contributed by atoms with E-state index in [1.54, 1.807) is 0 Å². The van der Waals surface area contributed by atoms with Crippen molar-refractivity contribution in [2.75, 3.05) is 6.54 Å². The summed E-state index contributed by atoms with van der Waals surface area (Å²) >= 11 is 0. The van der Waals surface area contributed by atoms with E-state index >= 15 is 0 Å². The van der Waals surface area contributed by atoms with Crippen LogP contribution < -0.4 is 5.73 Å². The lowest BCUT2D eigenvalue weighted by atomic mass is 10.1. The minimum absolute atomic E-state index is 0.142. The van der Waals surface area contributed by atoms with Crippen molar-refractivity contribution < 1.29 is 9.85 Å². The Kier molecular flexibility index (Phi) is 3.90. The van der Waals surface area contributed by atoms with Crippen LogP contribution in [0, 0.1) is 20.2 Å². The lowest BCUT2D eigenvalue weighted by Crippen LogP contribution is -2.05. The van der Waals surface area contributed by atoms with Crippen LogP contribution in [0.2, 0.25) is 0 Å². The van der Waals surface area contributed by atoms with Gasteiger partial charge in [0.25, 0.3) is 11.4 Å². The molecule has 2 N–H and O–H groups in total. The Morgan fingerprint density at radius 3 is 2.00 bits per heavy atom. The van der Waals surface area contributed by atoms with Gasteiger partial charge in [-0.15, -0.1) is 0 Å². The average molecular weight is 225 g/mol. The van der Waals surface area contributed by atoms with Crippen LogP contribution in [0.4, 0.5) is 11.4 Å². The second-order valence-corrected chi connectivity index (χ2v) is 3.18. The summed E-state index contributed by atoms with van der Waals surface area (Å²) in [4.78, 5) is 20.2. The molecule has 1 aromatic carbocycles. The van der Waals surface area contributed by atoms with Crippen molar-refractivity contribution in [3.8, 4) is 0 Å². The Balaban J connectivity index is 3.23. The average Bonchev–Trinajstić information content (AvgIpc) is 2.25. The van der Waals surface area contributed by atoms with Gasteiger partial charge >= 0.3 is 0 Å². The van der Waals surface area contributed by atoms with E-state index in [1.807, 2.05) is 0 Å². The molecule has 0 atom stereocenters. The summed E-state index contributed by atoms with van der Waals surface area (Å²) in [5.41, 5.74) is 4.99. The smallest absolute Gasteiger partial charge is 0.279 e. The molecule has 0 aliphatic carbocycles. The minimum Gasteiger partial charge on any atom is -0.330 e. The molecule has 0 aliphatic rings. The van der Waals surface area contributed by atoms with Gasteiger partial charge in [-0.2, -0.15) is 0 Å². The molecule has 1 rings (SSSR count). The second kappa shape index (κ2) is 5.17. The molecule has 0 bridgehead atoms. The van der Waals surface area contributed by atoms with E-state index in [2.05, 4.69) is 0 Å². The normalized spacial score (nSPS) is 10.1. The minimum atomic E-state index is -0.612. The fraction of sp³-hybridized carbons (Fsp3) is 0.333. The third-order valence-electron chi connectivity index (χ3n) is 2.15. The molecule has 0 aromatic heterocycles. The van der Waals surface area contributed by atoms with Crippen molar-refractivity contribution in [3.63, 3.8) is 0 Å². The zero-order valence-corrected chi connectivity index (χ0v) is 8.46. The molecule has 86 valence electrons. The molecule has 16 heavy (non-hydrogen) atoms. The second-order valence-electron chi connectivity index (χ2n) is 3.18. The first kappa shape index (κ1) is 12.1. The van der Waals surface area contributed by atoms with Crippen LogP contribution in [0.1, 0.15) is 12.0 Å². The van der Waals surface area contributed by atoms with E-state index in [4.69, 9.17) is 5.73 Å².